The van der Waals surface area contributed by atoms with E-state index in [4.69, 9.17) is 0 Å². The zero-order valence-corrected chi connectivity index (χ0v) is 10.7. The molecule has 0 fully saturated rings. The van der Waals surface area contributed by atoms with Crippen molar-refractivity contribution in [3.05, 3.63) is 29.6 Å². The zero-order valence-electron chi connectivity index (χ0n) is 9.87. The Kier molecular flexibility index (Phi) is 3.51. The molecule has 1 aromatic carbocycles. The van der Waals surface area contributed by atoms with Gasteiger partial charge in [-0.3, -0.25) is 0 Å². The number of H-pyrrole nitrogens is 1. The Morgan fingerprint density at radius 3 is 3.00 bits per heavy atom. The predicted octanol–water partition coefficient (Wildman–Crippen LogP) is 2.49. The molecule has 2 aromatic rings. The lowest BCUT2D eigenvalue weighted by Crippen LogP contribution is -2.18. The molecular formula is C12H17N3S. The van der Waals surface area contributed by atoms with Crippen LogP contribution in [0.2, 0.25) is 0 Å². The van der Waals surface area contributed by atoms with Crippen LogP contribution < -0.4 is 5.32 Å². The fourth-order valence-electron chi connectivity index (χ4n) is 1.88. The molecule has 1 unspecified atom stereocenters. The fraction of sp³-hybridized carbons (Fsp3) is 0.417. The molecule has 3 nitrogen and oxygen atoms in total. The molecule has 0 spiro atoms. The van der Waals surface area contributed by atoms with Gasteiger partial charge in [0.2, 0.25) is 0 Å². The third-order valence-electron chi connectivity index (χ3n) is 2.71. The Bertz CT molecular complexity index is 478. The second kappa shape index (κ2) is 4.89. The van der Waals surface area contributed by atoms with Crippen LogP contribution in [0.25, 0.3) is 11.0 Å². The summed E-state index contributed by atoms with van der Waals surface area (Å²) in [5.41, 5.74) is 3.48. The molecule has 86 valence electrons. The Morgan fingerprint density at radius 2 is 2.31 bits per heavy atom. The lowest BCUT2D eigenvalue weighted by molar-refractivity contribution is 0.663. The second-order valence-corrected chi connectivity index (χ2v) is 4.81. The van der Waals surface area contributed by atoms with Crippen LogP contribution in [-0.2, 0) is 0 Å². The van der Waals surface area contributed by atoms with E-state index >= 15 is 0 Å². The van der Waals surface area contributed by atoms with Gasteiger partial charge in [-0.25, -0.2) is 4.98 Å². The molecular weight excluding hydrogens is 218 g/mol. The second-order valence-electron chi connectivity index (χ2n) is 3.90. The molecule has 1 heterocycles. The summed E-state index contributed by atoms with van der Waals surface area (Å²) in [4.78, 5) is 7.68. The third-order valence-corrected chi connectivity index (χ3v) is 3.38. The van der Waals surface area contributed by atoms with Crippen LogP contribution in [0, 0.1) is 6.92 Å². The number of benzene rings is 1. The molecule has 16 heavy (non-hydrogen) atoms. The summed E-state index contributed by atoms with van der Waals surface area (Å²) in [7, 11) is 2.00. The van der Waals surface area contributed by atoms with Gasteiger partial charge in [-0.2, -0.15) is 11.8 Å². The van der Waals surface area contributed by atoms with Crippen molar-refractivity contribution < 1.29 is 0 Å². The summed E-state index contributed by atoms with van der Waals surface area (Å²) in [6.45, 7) is 1.98. The van der Waals surface area contributed by atoms with Gasteiger partial charge < -0.3 is 10.3 Å². The first-order valence-corrected chi connectivity index (χ1v) is 6.76. The number of hydrogen-bond donors (Lipinski definition) is 2. The van der Waals surface area contributed by atoms with Crippen molar-refractivity contribution in [2.75, 3.05) is 19.1 Å². The van der Waals surface area contributed by atoms with E-state index < -0.39 is 0 Å². The number of thioether (sulfide) groups is 1. The van der Waals surface area contributed by atoms with Crippen LogP contribution in [0.4, 0.5) is 0 Å². The van der Waals surface area contributed by atoms with Crippen molar-refractivity contribution in [3.63, 3.8) is 0 Å². The molecule has 1 aromatic heterocycles. The van der Waals surface area contributed by atoms with Crippen LogP contribution in [0.1, 0.15) is 17.4 Å². The maximum Gasteiger partial charge on any atom is 0.104 e. The molecule has 1 atom stereocenters. The average molecular weight is 235 g/mol. The fourth-order valence-corrected chi connectivity index (χ4v) is 2.58. The van der Waals surface area contributed by atoms with Crippen LogP contribution in [-0.4, -0.2) is 29.0 Å². The van der Waals surface area contributed by atoms with E-state index in [0.717, 1.165) is 22.6 Å². The molecule has 0 saturated heterocycles. The van der Waals surface area contributed by atoms with E-state index in [-0.39, 0.29) is 0 Å². The van der Waals surface area contributed by atoms with Gasteiger partial charge in [0, 0.05) is 11.8 Å². The minimum atomic E-state index is 0.406. The maximum absolute atomic E-state index is 4.40. The molecule has 4 heteroatoms. The monoisotopic (exact) mass is 235 g/mol. The smallest absolute Gasteiger partial charge is 0.104 e. The molecule has 2 rings (SSSR count). The highest BCUT2D eigenvalue weighted by Crippen LogP contribution is 2.21. The predicted molar refractivity (Wildman–Crippen MR) is 71.0 cm³/mol. The molecule has 0 amide bonds. The van der Waals surface area contributed by atoms with Gasteiger partial charge in [0.1, 0.15) is 5.82 Å². The van der Waals surface area contributed by atoms with Crippen LogP contribution in [0.15, 0.2) is 18.2 Å². The number of aromatic nitrogens is 2. The maximum atomic E-state index is 4.40. The third kappa shape index (κ3) is 2.23. The Labute approximate surface area is 100 Å². The minimum absolute atomic E-state index is 0.406. The van der Waals surface area contributed by atoms with Crippen molar-refractivity contribution in [2.45, 2.75) is 13.0 Å². The number of rotatable bonds is 4. The Balaban J connectivity index is 2.36. The minimum Gasteiger partial charge on any atom is -0.342 e. The number of imidazole rings is 1. The number of hydrogen-bond acceptors (Lipinski definition) is 3. The van der Waals surface area contributed by atoms with E-state index in [2.05, 4.69) is 39.7 Å². The summed E-state index contributed by atoms with van der Waals surface area (Å²) < 4.78 is 0. The van der Waals surface area contributed by atoms with Crippen molar-refractivity contribution in [2.24, 2.45) is 0 Å². The summed E-state index contributed by atoms with van der Waals surface area (Å²) in [6.07, 6.45) is 2.13. The molecule has 0 aliphatic rings. The lowest BCUT2D eigenvalue weighted by Gasteiger charge is -2.15. The van der Waals surface area contributed by atoms with Crippen LogP contribution >= 0.6 is 11.8 Å². The van der Waals surface area contributed by atoms with E-state index in [1.165, 1.54) is 5.56 Å². The molecule has 0 aliphatic carbocycles. The first-order chi connectivity index (χ1) is 7.74. The van der Waals surface area contributed by atoms with Crippen LogP contribution in [0.3, 0.4) is 0 Å². The van der Waals surface area contributed by atoms with E-state index in [1.54, 1.807) is 0 Å². The number of nitrogens with one attached hydrogen (secondary N) is 2. The molecule has 0 aliphatic heterocycles. The molecule has 0 radical (unpaired) electrons. The van der Waals surface area contributed by atoms with Gasteiger partial charge in [-0.15, -0.1) is 0 Å². The quantitative estimate of drug-likeness (QED) is 0.855. The Hall–Kier alpha value is -1.00. The highest BCUT2D eigenvalue weighted by molar-refractivity contribution is 7.98. The normalized spacial score (nSPS) is 13.2. The number of aromatic amines is 1. The summed E-state index contributed by atoms with van der Waals surface area (Å²) in [5, 5.41) is 3.34. The Morgan fingerprint density at radius 1 is 1.50 bits per heavy atom. The van der Waals surface area contributed by atoms with Gasteiger partial charge in [-0.1, -0.05) is 6.07 Å². The first kappa shape index (κ1) is 11.5. The highest BCUT2D eigenvalue weighted by atomic mass is 32.2. The van der Waals surface area contributed by atoms with Gasteiger partial charge in [0.25, 0.3) is 0 Å². The van der Waals surface area contributed by atoms with E-state index in [1.807, 2.05) is 25.7 Å². The van der Waals surface area contributed by atoms with Crippen molar-refractivity contribution in [1.82, 2.24) is 15.3 Å². The largest absolute Gasteiger partial charge is 0.342 e. The topological polar surface area (TPSA) is 40.7 Å². The van der Waals surface area contributed by atoms with E-state index in [9.17, 15) is 0 Å². The summed E-state index contributed by atoms with van der Waals surface area (Å²) in [6, 6.07) is 6.83. The van der Waals surface area contributed by atoms with Gasteiger partial charge >= 0.3 is 0 Å². The number of nitrogens with zero attached hydrogens (tertiary/aromatic N) is 1. The van der Waals surface area contributed by atoms with Crippen LogP contribution in [0.5, 0.6) is 0 Å². The zero-order chi connectivity index (χ0) is 11.5. The van der Waals surface area contributed by atoms with Gasteiger partial charge in [-0.05, 0) is 37.9 Å². The molecule has 0 bridgehead atoms. The number of aryl methyl sites for hydroxylation is 1. The molecule has 0 saturated carbocycles. The summed E-state index contributed by atoms with van der Waals surface area (Å²) >= 11 is 1.85. The van der Waals surface area contributed by atoms with Crippen molar-refractivity contribution in [3.8, 4) is 0 Å². The van der Waals surface area contributed by atoms with Crippen molar-refractivity contribution >= 4 is 22.8 Å². The molecule has 2 N–H and O–H groups in total. The number of fused-ring (bicyclic) bond motifs is 1. The van der Waals surface area contributed by atoms with E-state index in [0.29, 0.717) is 6.04 Å². The highest BCUT2D eigenvalue weighted by Gasteiger charge is 2.09. The first-order valence-electron chi connectivity index (χ1n) is 5.37. The standard InChI is InChI=1S/C12H17N3S/c1-8-14-10-5-4-9(6-11(10)15-8)12(13-2)7-16-3/h4-6,12-13H,7H2,1-3H3,(H,14,15). The SMILES string of the molecule is CNC(CSC)c1ccc2nc(C)[nH]c2c1. The van der Waals surface area contributed by atoms with Gasteiger partial charge in [0.15, 0.2) is 0 Å². The van der Waals surface area contributed by atoms with Crippen molar-refractivity contribution in [1.29, 1.82) is 0 Å². The summed E-state index contributed by atoms with van der Waals surface area (Å²) in [5.74, 6) is 2.05. The lowest BCUT2D eigenvalue weighted by atomic mass is 10.1. The van der Waals surface area contributed by atoms with Gasteiger partial charge in [0.05, 0.1) is 11.0 Å². The average Bonchev–Trinajstić information content (AvgIpc) is 2.64.